The van der Waals surface area contributed by atoms with E-state index in [0.29, 0.717) is 5.69 Å². The van der Waals surface area contributed by atoms with Crippen molar-refractivity contribution in [3.63, 3.8) is 0 Å². The summed E-state index contributed by atoms with van der Waals surface area (Å²) in [6.45, 7) is 0. The maximum Gasteiger partial charge on any atom is 0.275 e. The van der Waals surface area contributed by atoms with Crippen LogP contribution in [-0.4, -0.2) is 27.9 Å². The molecule has 0 aromatic carbocycles. The quantitative estimate of drug-likeness (QED) is 0.485. The van der Waals surface area contributed by atoms with Crippen LogP contribution in [0.15, 0.2) is 29.6 Å². The number of rotatable bonds is 3. The predicted octanol–water partition coefficient (Wildman–Crippen LogP) is 1.71. The van der Waals surface area contributed by atoms with Crippen molar-refractivity contribution < 1.29 is 10.0 Å². The maximum absolute atomic E-state index is 12.0. The molecule has 96 valence electrons. The number of hydrogen-bond donors (Lipinski definition) is 2. The number of hydrogen-bond acceptors (Lipinski definition) is 4. The minimum atomic E-state index is -0.358. The Hall–Kier alpha value is -1.91. The van der Waals surface area contributed by atoms with Crippen LogP contribution < -0.4 is 5.32 Å². The van der Waals surface area contributed by atoms with Crippen molar-refractivity contribution in [2.24, 2.45) is 5.16 Å². The number of nitrogens with zero attached hydrogens (tertiary/aromatic N) is 2. The van der Waals surface area contributed by atoms with Gasteiger partial charge in [-0.25, -0.2) is 0 Å². The molecule has 1 aliphatic rings. The lowest BCUT2D eigenvalue weighted by Crippen LogP contribution is -2.40. The summed E-state index contributed by atoms with van der Waals surface area (Å²) in [7, 11) is 0. The molecule has 1 aromatic rings. The van der Waals surface area contributed by atoms with Gasteiger partial charge in [-0.3, -0.25) is 9.78 Å². The zero-order chi connectivity index (χ0) is 12.8. The Balaban J connectivity index is 2.02. The van der Waals surface area contributed by atoms with Gasteiger partial charge in [0, 0.05) is 12.2 Å². The number of oxime groups is 1. The third kappa shape index (κ3) is 3.06. The third-order valence-electron chi connectivity index (χ3n) is 3.16. The molecule has 0 unspecified atom stereocenters. The fourth-order valence-corrected chi connectivity index (χ4v) is 2.22. The van der Waals surface area contributed by atoms with E-state index < -0.39 is 0 Å². The Morgan fingerprint density at radius 3 is 2.72 bits per heavy atom. The van der Waals surface area contributed by atoms with E-state index in [4.69, 9.17) is 5.21 Å². The number of pyridine rings is 1. The average Bonchev–Trinajstić information content (AvgIpc) is 2.42. The van der Waals surface area contributed by atoms with Crippen molar-refractivity contribution in [3.05, 3.63) is 30.1 Å². The summed E-state index contributed by atoms with van der Waals surface area (Å²) in [4.78, 5) is 16.0. The van der Waals surface area contributed by atoms with E-state index in [0.717, 1.165) is 25.7 Å². The summed E-state index contributed by atoms with van der Waals surface area (Å²) in [6, 6.07) is 5.33. The standard InChI is InChI=1S/C13H17N3O2/c17-13(15-10-6-2-1-3-7-10)12(16-18)11-8-4-5-9-14-11/h4-5,8-10,18H,1-3,6-7H2,(H,15,17)/b16-12-. The second-order valence-electron chi connectivity index (χ2n) is 4.47. The monoisotopic (exact) mass is 247 g/mol. The van der Waals surface area contributed by atoms with Gasteiger partial charge in [-0.05, 0) is 25.0 Å². The number of carbonyl (C=O) groups is 1. The molecule has 1 amide bonds. The molecule has 0 radical (unpaired) electrons. The molecule has 2 N–H and O–H groups in total. The SMILES string of the molecule is O=C(NC1CCCCC1)/C(=N\O)c1ccccn1. The van der Waals surface area contributed by atoms with Crippen LogP contribution in [0.5, 0.6) is 0 Å². The van der Waals surface area contributed by atoms with Gasteiger partial charge < -0.3 is 10.5 Å². The van der Waals surface area contributed by atoms with Gasteiger partial charge >= 0.3 is 0 Å². The third-order valence-corrected chi connectivity index (χ3v) is 3.16. The molecule has 1 heterocycles. The van der Waals surface area contributed by atoms with Gasteiger partial charge in [-0.2, -0.15) is 0 Å². The van der Waals surface area contributed by atoms with Crippen molar-refractivity contribution in [1.82, 2.24) is 10.3 Å². The summed E-state index contributed by atoms with van der Waals surface area (Å²) in [5.74, 6) is -0.358. The van der Waals surface area contributed by atoms with E-state index in [9.17, 15) is 4.79 Å². The van der Waals surface area contributed by atoms with Crippen LogP contribution in [0.1, 0.15) is 37.8 Å². The molecule has 18 heavy (non-hydrogen) atoms. The molecule has 0 atom stereocenters. The summed E-state index contributed by atoms with van der Waals surface area (Å²) >= 11 is 0. The van der Waals surface area contributed by atoms with Gasteiger partial charge in [-0.1, -0.05) is 30.5 Å². The molecule has 1 fully saturated rings. The molecule has 0 saturated heterocycles. The van der Waals surface area contributed by atoms with Crippen LogP contribution in [0.2, 0.25) is 0 Å². The van der Waals surface area contributed by atoms with Crippen molar-refractivity contribution >= 4 is 11.6 Å². The number of nitrogens with one attached hydrogen (secondary N) is 1. The molecule has 5 nitrogen and oxygen atoms in total. The minimum Gasteiger partial charge on any atom is -0.410 e. The average molecular weight is 247 g/mol. The van der Waals surface area contributed by atoms with E-state index in [2.05, 4.69) is 15.5 Å². The largest absolute Gasteiger partial charge is 0.410 e. The second kappa shape index (κ2) is 6.14. The lowest BCUT2D eigenvalue weighted by Gasteiger charge is -2.22. The summed E-state index contributed by atoms with van der Waals surface area (Å²) in [5, 5.41) is 14.9. The maximum atomic E-state index is 12.0. The molecule has 1 saturated carbocycles. The lowest BCUT2D eigenvalue weighted by molar-refractivity contribution is -0.115. The topological polar surface area (TPSA) is 74.6 Å². The van der Waals surface area contributed by atoms with Gasteiger partial charge in [-0.15, -0.1) is 0 Å². The first-order valence-electron chi connectivity index (χ1n) is 6.25. The van der Waals surface area contributed by atoms with Crippen molar-refractivity contribution in [2.45, 2.75) is 38.1 Å². The van der Waals surface area contributed by atoms with Crippen molar-refractivity contribution in [2.75, 3.05) is 0 Å². The number of carbonyl (C=O) groups excluding carboxylic acids is 1. The van der Waals surface area contributed by atoms with E-state index >= 15 is 0 Å². The van der Waals surface area contributed by atoms with Gasteiger partial charge in [0.15, 0.2) is 5.71 Å². The Bertz CT molecular complexity index is 425. The van der Waals surface area contributed by atoms with Gasteiger partial charge in [0.05, 0.1) is 5.69 Å². The fourth-order valence-electron chi connectivity index (χ4n) is 2.22. The van der Waals surface area contributed by atoms with Crippen LogP contribution in [0, 0.1) is 0 Å². The molecule has 2 rings (SSSR count). The Morgan fingerprint density at radius 2 is 2.11 bits per heavy atom. The highest BCUT2D eigenvalue weighted by Gasteiger charge is 2.21. The van der Waals surface area contributed by atoms with Crippen molar-refractivity contribution in [1.29, 1.82) is 0 Å². The zero-order valence-corrected chi connectivity index (χ0v) is 10.2. The summed E-state index contributed by atoms with van der Waals surface area (Å²) in [6.07, 6.45) is 7.06. The summed E-state index contributed by atoms with van der Waals surface area (Å²) in [5.41, 5.74) is 0.356. The fraction of sp³-hybridized carbons (Fsp3) is 0.462. The zero-order valence-electron chi connectivity index (χ0n) is 10.2. The number of amides is 1. The first-order valence-corrected chi connectivity index (χ1v) is 6.25. The molecular weight excluding hydrogens is 230 g/mol. The normalized spacial score (nSPS) is 17.4. The molecular formula is C13H17N3O2. The highest BCUT2D eigenvalue weighted by molar-refractivity contribution is 6.44. The highest BCUT2D eigenvalue weighted by atomic mass is 16.4. The van der Waals surface area contributed by atoms with E-state index in [1.165, 1.54) is 6.42 Å². The van der Waals surface area contributed by atoms with Crippen LogP contribution in [0.25, 0.3) is 0 Å². The minimum absolute atomic E-state index is 0.0267. The van der Waals surface area contributed by atoms with Crippen molar-refractivity contribution in [3.8, 4) is 0 Å². The first kappa shape index (κ1) is 12.5. The van der Waals surface area contributed by atoms with Crippen LogP contribution in [0.3, 0.4) is 0 Å². The van der Waals surface area contributed by atoms with Gasteiger partial charge in [0.25, 0.3) is 5.91 Å². The molecule has 0 aliphatic heterocycles. The highest BCUT2D eigenvalue weighted by Crippen LogP contribution is 2.17. The lowest BCUT2D eigenvalue weighted by atomic mass is 9.95. The molecule has 5 heteroatoms. The van der Waals surface area contributed by atoms with Crippen LogP contribution in [-0.2, 0) is 4.79 Å². The van der Waals surface area contributed by atoms with Gasteiger partial charge in [0.2, 0.25) is 0 Å². The van der Waals surface area contributed by atoms with Crippen LogP contribution >= 0.6 is 0 Å². The summed E-state index contributed by atoms with van der Waals surface area (Å²) < 4.78 is 0. The van der Waals surface area contributed by atoms with Gasteiger partial charge in [0.1, 0.15) is 0 Å². The molecule has 1 aliphatic carbocycles. The van der Waals surface area contributed by atoms with E-state index in [-0.39, 0.29) is 17.7 Å². The predicted molar refractivity (Wildman–Crippen MR) is 67.6 cm³/mol. The smallest absolute Gasteiger partial charge is 0.275 e. The van der Waals surface area contributed by atoms with E-state index in [1.54, 1.807) is 24.4 Å². The molecule has 0 bridgehead atoms. The number of aromatic nitrogens is 1. The van der Waals surface area contributed by atoms with E-state index in [1.807, 2.05) is 0 Å². The molecule has 1 aromatic heterocycles. The molecule has 0 spiro atoms. The Kier molecular flexibility index (Phi) is 4.28. The Morgan fingerprint density at radius 1 is 1.33 bits per heavy atom. The van der Waals surface area contributed by atoms with Crippen LogP contribution in [0.4, 0.5) is 0 Å². The first-order chi connectivity index (χ1) is 8.81. The Labute approximate surface area is 106 Å². The second-order valence-corrected chi connectivity index (χ2v) is 4.47.